The van der Waals surface area contributed by atoms with Crippen LogP contribution < -0.4 is 11.1 Å². The highest BCUT2D eigenvalue weighted by Crippen LogP contribution is 2.13. The van der Waals surface area contributed by atoms with Crippen LogP contribution in [0.5, 0.6) is 0 Å². The van der Waals surface area contributed by atoms with E-state index in [1.54, 1.807) is 6.20 Å². The quantitative estimate of drug-likeness (QED) is 0.631. The van der Waals surface area contributed by atoms with Crippen LogP contribution in [0.3, 0.4) is 0 Å². The van der Waals surface area contributed by atoms with Gasteiger partial charge in [-0.15, -0.1) is 0 Å². The Morgan fingerprint density at radius 1 is 1.47 bits per heavy atom. The minimum absolute atomic E-state index is 0.249. The maximum absolute atomic E-state index is 10.3. The first kappa shape index (κ1) is 13.3. The van der Waals surface area contributed by atoms with Crippen molar-refractivity contribution in [2.24, 2.45) is 0 Å². The summed E-state index contributed by atoms with van der Waals surface area (Å²) < 4.78 is 0. The average molecular weight is 237 g/mol. The molecule has 4 N–H and O–H groups in total. The second kappa shape index (κ2) is 6.73. The van der Waals surface area contributed by atoms with Crippen LogP contribution in [0.2, 0.25) is 0 Å². The number of hydrogen-bond donors (Lipinski definition) is 3. The summed E-state index contributed by atoms with van der Waals surface area (Å²) in [5.41, 5.74) is 7.29. The molecule has 0 aliphatic rings. The van der Waals surface area contributed by atoms with Gasteiger partial charge in [-0.25, -0.2) is 4.98 Å². The predicted molar refractivity (Wildman–Crippen MR) is 68.0 cm³/mol. The molecule has 0 saturated carbocycles. The lowest BCUT2D eigenvalue weighted by Gasteiger charge is -2.08. The highest BCUT2D eigenvalue weighted by atomic mass is 16.4. The van der Waals surface area contributed by atoms with Gasteiger partial charge in [0.05, 0.1) is 11.9 Å². The van der Waals surface area contributed by atoms with Crippen molar-refractivity contribution in [2.45, 2.75) is 32.6 Å². The van der Waals surface area contributed by atoms with Gasteiger partial charge in [0.25, 0.3) is 0 Å². The Bertz CT molecular complexity index is 380. The number of nitrogen functional groups attached to an aromatic ring is 1. The lowest BCUT2D eigenvalue weighted by molar-refractivity contribution is -0.137. The Kier molecular flexibility index (Phi) is 5.26. The van der Waals surface area contributed by atoms with Crippen molar-refractivity contribution in [3.63, 3.8) is 0 Å². The minimum atomic E-state index is -0.728. The van der Waals surface area contributed by atoms with Crippen molar-refractivity contribution in [1.82, 2.24) is 4.98 Å². The number of nitrogens with zero attached hydrogens (tertiary/aromatic N) is 1. The molecule has 0 saturated heterocycles. The molecule has 0 bridgehead atoms. The van der Waals surface area contributed by atoms with Gasteiger partial charge in [-0.05, 0) is 31.4 Å². The number of carboxylic acid groups (broad SMARTS) is 1. The van der Waals surface area contributed by atoms with E-state index in [9.17, 15) is 4.79 Å². The molecule has 1 aromatic heterocycles. The standard InChI is InChI=1S/C12H19N3O2/c1-9-7-10(13)8-15-12(9)14-6-4-2-3-5-11(16)17/h7-8H,2-6,13H2,1H3,(H,14,15)(H,16,17). The molecular weight excluding hydrogens is 218 g/mol. The Balaban J connectivity index is 2.20. The van der Waals surface area contributed by atoms with Gasteiger partial charge in [-0.1, -0.05) is 6.42 Å². The second-order valence-corrected chi connectivity index (χ2v) is 4.07. The minimum Gasteiger partial charge on any atom is -0.481 e. The first-order valence-corrected chi connectivity index (χ1v) is 5.77. The maximum atomic E-state index is 10.3. The van der Waals surface area contributed by atoms with Crippen molar-refractivity contribution in [1.29, 1.82) is 0 Å². The number of unbranched alkanes of at least 4 members (excludes halogenated alkanes) is 2. The summed E-state index contributed by atoms with van der Waals surface area (Å²) in [6.45, 7) is 2.76. The van der Waals surface area contributed by atoms with E-state index < -0.39 is 5.97 Å². The van der Waals surface area contributed by atoms with Gasteiger partial charge in [0.2, 0.25) is 0 Å². The van der Waals surface area contributed by atoms with E-state index in [0.29, 0.717) is 5.69 Å². The molecule has 17 heavy (non-hydrogen) atoms. The molecule has 1 rings (SSSR count). The van der Waals surface area contributed by atoms with Crippen molar-refractivity contribution in [2.75, 3.05) is 17.6 Å². The van der Waals surface area contributed by atoms with Gasteiger partial charge in [-0.2, -0.15) is 0 Å². The Hall–Kier alpha value is -1.78. The predicted octanol–water partition coefficient (Wildman–Crippen LogP) is 2.03. The highest BCUT2D eigenvalue weighted by Gasteiger charge is 2.00. The zero-order chi connectivity index (χ0) is 12.7. The summed E-state index contributed by atoms with van der Waals surface area (Å²) in [5.74, 6) is 0.117. The molecule has 5 nitrogen and oxygen atoms in total. The zero-order valence-electron chi connectivity index (χ0n) is 10.1. The number of rotatable bonds is 7. The van der Waals surface area contributed by atoms with Crippen molar-refractivity contribution in [3.05, 3.63) is 17.8 Å². The summed E-state index contributed by atoms with van der Waals surface area (Å²) in [7, 11) is 0. The number of pyridine rings is 1. The van der Waals surface area contributed by atoms with Gasteiger partial charge in [0.1, 0.15) is 5.82 Å². The van der Waals surface area contributed by atoms with E-state index in [1.165, 1.54) is 0 Å². The Morgan fingerprint density at radius 2 is 2.24 bits per heavy atom. The van der Waals surface area contributed by atoms with Crippen LogP contribution in [0.15, 0.2) is 12.3 Å². The van der Waals surface area contributed by atoms with Crippen LogP contribution in [0, 0.1) is 6.92 Å². The molecular formula is C12H19N3O2. The van der Waals surface area contributed by atoms with E-state index in [4.69, 9.17) is 10.8 Å². The third-order valence-electron chi connectivity index (χ3n) is 2.46. The summed E-state index contributed by atoms with van der Waals surface area (Å²) in [5, 5.41) is 11.7. The first-order valence-electron chi connectivity index (χ1n) is 5.77. The van der Waals surface area contributed by atoms with Crippen molar-refractivity contribution >= 4 is 17.5 Å². The van der Waals surface area contributed by atoms with E-state index >= 15 is 0 Å². The third-order valence-corrected chi connectivity index (χ3v) is 2.46. The summed E-state index contributed by atoms with van der Waals surface area (Å²) in [6.07, 6.45) is 4.45. The van der Waals surface area contributed by atoms with Gasteiger partial charge < -0.3 is 16.2 Å². The summed E-state index contributed by atoms with van der Waals surface area (Å²) >= 11 is 0. The lowest BCUT2D eigenvalue weighted by atomic mass is 10.2. The molecule has 5 heteroatoms. The molecule has 0 amide bonds. The zero-order valence-corrected chi connectivity index (χ0v) is 10.1. The number of nitrogens with one attached hydrogen (secondary N) is 1. The molecule has 0 aliphatic heterocycles. The van der Waals surface area contributed by atoms with Gasteiger partial charge in [0.15, 0.2) is 0 Å². The smallest absolute Gasteiger partial charge is 0.303 e. The van der Waals surface area contributed by atoms with Crippen LogP contribution in [0.4, 0.5) is 11.5 Å². The normalized spacial score (nSPS) is 10.2. The number of anilines is 2. The van der Waals surface area contributed by atoms with E-state index in [2.05, 4.69) is 10.3 Å². The molecule has 0 aromatic carbocycles. The van der Waals surface area contributed by atoms with Crippen LogP contribution >= 0.6 is 0 Å². The first-order chi connectivity index (χ1) is 8.09. The van der Waals surface area contributed by atoms with Crippen LogP contribution in [-0.4, -0.2) is 22.6 Å². The average Bonchev–Trinajstić information content (AvgIpc) is 2.25. The third kappa shape index (κ3) is 5.19. The summed E-state index contributed by atoms with van der Waals surface area (Å²) in [4.78, 5) is 14.5. The Labute approximate surface area is 101 Å². The number of aromatic nitrogens is 1. The fourth-order valence-corrected chi connectivity index (χ4v) is 1.57. The molecule has 1 aromatic rings. The molecule has 94 valence electrons. The molecule has 0 unspecified atom stereocenters. The number of aliphatic carboxylic acids is 1. The van der Waals surface area contributed by atoms with Gasteiger partial charge in [-0.3, -0.25) is 4.79 Å². The Morgan fingerprint density at radius 3 is 2.88 bits per heavy atom. The molecule has 0 aliphatic carbocycles. The second-order valence-electron chi connectivity index (χ2n) is 4.07. The SMILES string of the molecule is Cc1cc(N)cnc1NCCCCCC(=O)O. The van der Waals surface area contributed by atoms with E-state index in [1.807, 2.05) is 13.0 Å². The number of carbonyl (C=O) groups is 1. The van der Waals surface area contributed by atoms with E-state index in [-0.39, 0.29) is 6.42 Å². The van der Waals surface area contributed by atoms with Crippen LogP contribution in [0.1, 0.15) is 31.2 Å². The number of carboxylic acids is 1. The monoisotopic (exact) mass is 237 g/mol. The van der Waals surface area contributed by atoms with Gasteiger partial charge >= 0.3 is 5.97 Å². The number of nitrogens with two attached hydrogens (primary N) is 1. The lowest BCUT2D eigenvalue weighted by Crippen LogP contribution is -2.05. The molecule has 1 heterocycles. The van der Waals surface area contributed by atoms with Crippen molar-refractivity contribution in [3.8, 4) is 0 Å². The van der Waals surface area contributed by atoms with Gasteiger partial charge in [0, 0.05) is 13.0 Å². The fourth-order valence-electron chi connectivity index (χ4n) is 1.57. The molecule has 0 spiro atoms. The summed E-state index contributed by atoms with van der Waals surface area (Å²) in [6, 6.07) is 1.87. The maximum Gasteiger partial charge on any atom is 0.303 e. The topological polar surface area (TPSA) is 88.2 Å². The fraction of sp³-hybridized carbons (Fsp3) is 0.500. The van der Waals surface area contributed by atoms with Crippen LogP contribution in [0.25, 0.3) is 0 Å². The number of aryl methyl sites for hydroxylation is 1. The van der Waals surface area contributed by atoms with Crippen LogP contribution in [-0.2, 0) is 4.79 Å². The van der Waals surface area contributed by atoms with Crippen molar-refractivity contribution < 1.29 is 9.90 Å². The number of hydrogen-bond acceptors (Lipinski definition) is 4. The molecule has 0 fully saturated rings. The highest BCUT2D eigenvalue weighted by molar-refractivity contribution is 5.66. The largest absolute Gasteiger partial charge is 0.481 e. The van der Waals surface area contributed by atoms with E-state index in [0.717, 1.165) is 37.2 Å². The molecule has 0 atom stereocenters. The molecule has 0 radical (unpaired) electrons.